The third-order valence-corrected chi connectivity index (χ3v) is 3.97. The van der Waals surface area contributed by atoms with Crippen LogP contribution in [-0.4, -0.2) is 22.4 Å². The lowest BCUT2D eigenvalue weighted by Crippen LogP contribution is -2.26. The van der Waals surface area contributed by atoms with E-state index in [2.05, 4.69) is 20.7 Å². The number of thiazole rings is 1. The summed E-state index contributed by atoms with van der Waals surface area (Å²) in [5, 5.41) is 5.93. The Morgan fingerprint density at radius 3 is 2.81 bits per heavy atom. The average Bonchev–Trinajstić information content (AvgIpc) is 2.92. The largest absolute Gasteiger partial charge is 0.352 e. The monoisotopic (exact) mass is 305 g/mol. The Morgan fingerprint density at radius 2 is 2.19 bits per heavy atom. The second kappa shape index (κ2) is 7.14. The lowest BCUT2D eigenvalue weighted by molar-refractivity contribution is 0.0954. The van der Waals surface area contributed by atoms with E-state index in [1.165, 1.54) is 0 Å². The quantitative estimate of drug-likeness (QED) is 0.557. The topological polar surface area (TPSA) is 92.9 Å². The van der Waals surface area contributed by atoms with Gasteiger partial charge in [-0.1, -0.05) is 6.92 Å². The number of carbonyl (C=O) groups is 1. The number of aromatic nitrogens is 2. The zero-order valence-electron chi connectivity index (χ0n) is 12.1. The normalized spacial score (nSPS) is 10.4. The first-order valence-corrected chi connectivity index (χ1v) is 7.67. The maximum absolute atomic E-state index is 12.2. The number of hydrogen-bond donors (Lipinski definition) is 3. The number of carbonyl (C=O) groups excluding carboxylic acids is 1. The van der Waals surface area contributed by atoms with E-state index < -0.39 is 0 Å². The summed E-state index contributed by atoms with van der Waals surface area (Å²) in [5.74, 6) is 5.74. The van der Waals surface area contributed by atoms with E-state index in [1.54, 1.807) is 23.5 Å². The van der Waals surface area contributed by atoms with Crippen LogP contribution in [0.5, 0.6) is 0 Å². The summed E-state index contributed by atoms with van der Waals surface area (Å²) in [5.41, 5.74) is 4.88. The van der Waals surface area contributed by atoms with Crippen LogP contribution in [0, 0.1) is 6.92 Å². The van der Waals surface area contributed by atoms with Gasteiger partial charge in [0.15, 0.2) is 0 Å². The second-order valence-electron chi connectivity index (χ2n) is 4.62. The van der Waals surface area contributed by atoms with Gasteiger partial charge >= 0.3 is 0 Å². The van der Waals surface area contributed by atoms with Crippen molar-refractivity contribution in [2.45, 2.75) is 26.7 Å². The van der Waals surface area contributed by atoms with Crippen LogP contribution in [0.2, 0.25) is 0 Å². The molecule has 0 atom stereocenters. The fourth-order valence-corrected chi connectivity index (χ4v) is 2.65. The van der Waals surface area contributed by atoms with E-state index in [0.29, 0.717) is 17.9 Å². The third kappa shape index (κ3) is 4.24. The molecule has 0 saturated carbocycles. The van der Waals surface area contributed by atoms with E-state index in [0.717, 1.165) is 29.2 Å². The van der Waals surface area contributed by atoms with Gasteiger partial charge < -0.3 is 10.7 Å². The van der Waals surface area contributed by atoms with Gasteiger partial charge in [0.1, 0.15) is 5.82 Å². The zero-order valence-corrected chi connectivity index (χ0v) is 13.0. The van der Waals surface area contributed by atoms with E-state index in [1.807, 2.05) is 19.2 Å². The van der Waals surface area contributed by atoms with E-state index in [9.17, 15) is 4.79 Å². The van der Waals surface area contributed by atoms with E-state index in [4.69, 9.17) is 5.84 Å². The molecule has 0 aliphatic rings. The minimum Gasteiger partial charge on any atom is -0.352 e. The summed E-state index contributed by atoms with van der Waals surface area (Å²) >= 11 is 1.61. The Labute approximate surface area is 127 Å². The number of aryl methyl sites for hydroxylation is 2. The van der Waals surface area contributed by atoms with Crippen LogP contribution >= 0.6 is 11.3 Å². The van der Waals surface area contributed by atoms with Gasteiger partial charge in [-0.15, -0.1) is 11.3 Å². The van der Waals surface area contributed by atoms with Gasteiger partial charge in [-0.05, 0) is 25.5 Å². The van der Waals surface area contributed by atoms with Crippen molar-refractivity contribution in [2.75, 3.05) is 12.0 Å². The summed E-state index contributed by atoms with van der Waals surface area (Å²) in [6.07, 6.45) is 1.48. The van der Waals surface area contributed by atoms with Crippen LogP contribution in [0.15, 0.2) is 17.5 Å². The standard InChI is InChI=1S/C14H19N5OS/c1-3-11-6-10(7-12(18-11)19-15)14(20)16-5-4-13-17-9(2)8-21-13/h6-8H,3-5,15H2,1-2H3,(H,16,20)(H,18,19). The number of nitrogen functional groups attached to an aromatic ring is 1. The van der Waals surface area contributed by atoms with Crippen molar-refractivity contribution < 1.29 is 4.79 Å². The SMILES string of the molecule is CCc1cc(C(=O)NCCc2nc(C)cs2)cc(NN)n1. The first-order chi connectivity index (χ1) is 10.1. The number of hydrogen-bond acceptors (Lipinski definition) is 6. The summed E-state index contributed by atoms with van der Waals surface area (Å²) in [6.45, 7) is 4.50. The molecule has 0 aliphatic heterocycles. The van der Waals surface area contributed by atoms with E-state index >= 15 is 0 Å². The molecule has 2 rings (SSSR count). The molecule has 0 aromatic carbocycles. The molecule has 1 amide bonds. The molecule has 0 unspecified atom stereocenters. The van der Waals surface area contributed by atoms with Crippen LogP contribution in [0.25, 0.3) is 0 Å². The van der Waals surface area contributed by atoms with Crippen LogP contribution in [0.4, 0.5) is 5.82 Å². The molecule has 2 heterocycles. The molecule has 6 nitrogen and oxygen atoms in total. The average molecular weight is 305 g/mol. The molecule has 21 heavy (non-hydrogen) atoms. The molecule has 0 saturated heterocycles. The molecule has 7 heteroatoms. The van der Waals surface area contributed by atoms with Gasteiger partial charge in [-0.3, -0.25) is 4.79 Å². The highest BCUT2D eigenvalue weighted by atomic mass is 32.1. The lowest BCUT2D eigenvalue weighted by atomic mass is 10.2. The van der Waals surface area contributed by atoms with Crippen molar-refractivity contribution >= 4 is 23.1 Å². The molecule has 112 valence electrons. The predicted octanol–water partition coefficient (Wildman–Crippen LogP) is 1.67. The number of anilines is 1. The van der Waals surface area contributed by atoms with Crippen LogP contribution in [0.1, 0.15) is 33.7 Å². The van der Waals surface area contributed by atoms with Gasteiger partial charge in [-0.2, -0.15) is 0 Å². The van der Waals surface area contributed by atoms with Crippen LogP contribution < -0.4 is 16.6 Å². The number of nitrogens with one attached hydrogen (secondary N) is 2. The number of hydrazine groups is 1. The zero-order chi connectivity index (χ0) is 15.2. The van der Waals surface area contributed by atoms with Crippen molar-refractivity contribution in [1.82, 2.24) is 15.3 Å². The Bertz CT molecular complexity index is 603. The first kappa shape index (κ1) is 15.4. The van der Waals surface area contributed by atoms with Crippen LogP contribution in [-0.2, 0) is 12.8 Å². The number of nitrogens with zero attached hydrogens (tertiary/aromatic N) is 2. The Balaban J connectivity index is 1.96. The predicted molar refractivity (Wildman–Crippen MR) is 84.3 cm³/mol. The van der Waals surface area contributed by atoms with Crippen LogP contribution in [0.3, 0.4) is 0 Å². The highest BCUT2D eigenvalue weighted by Gasteiger charge is 2.09. The maximum Gasteiger partial charge on any atom is 0.251 e. The first-order valence-electron chi connectivity index (χ1n) is 6.79. The van der Waals surface area contributed by atoms with Crippen molar-refractivity contribution in [3.05, 3.63) is 39.5 Å². The van der Waals surface area contributed by atoms with Crippen molar-refractivity contribution in [1.29, 1.82) is 0 Å². The highest BCUT2D eigenvalue weighted by Crippen LogP contribution is 2.11. The van der Waals surface area contributed by atoms with Crippen molar-refractivity contribution in [3.8, 4) is 0 Å². The molecule has 0 bridgehead atoms. The molecule has 0 aliphatic carbocycles. The lowest BCUT2D eigenvalue weighted by Gasteiger charge is -2.08. The summed E-state index contributed by atoms with van der Waals surface area (Å²) in [4.78, 5) is 20.8. The molecule has 4 N–H and O–H groups in total. The van der Waals surface area contributed by atoms with Gasteiger partial charge in [0.25, 0.3) is 5.91 Å². The van der Waals surface area contributed by atoms with E-state index in [-0.39, 0.29) is 5.91 Å². The molecule has 2 aromatic heterocycles. The number of rotatable bonds is 6. The van der Waals surface area contributed by atoms with Gasteiger partial charge in [0, 0.05) is 35.3 Å². The second-order valence-corrected chi connectivity index (χ2v) is 5.56. The maximum atomic E-state index is 12.2. The Kier molecular flexibility index (Phi) is 5.24. The molecule has 2 aromatic rings. The van der Waals surface area contributed by atoms with Gasteiger partial charge in [0.05, 0.1) is 5.01 Å². The molecular weight excluding hydrogens is 286 g/mol. The van der Waals surface area contributed by atoms with Gasteiger partial charge in [0.2, 0.25) is 0 Å². The van der Waals surface area contributed by atoms with Crippen molar-refractivity contribution in [3.63, 3.8) is 0 Å². The third-order valence-electron chi connectivity index (χ3n) is 2.94. The molecule has 0 fully saturated rings. The van der Waals surface area contributed by atoms with Crippen molar-refractivity contribution in [2.24, 2.45) is 5.84 Å². The number of pyridine rings is 1. The minimum absolute atomic E-state index is 0.128. The molecular formula is C14H19N5OS. The molecule has 0 radical (unpaired) electrons. The summed E-state index contributed by atoms with van der Waals surface area (Å²) in [6, 6.07) is 3.42. The summed E-state index contributed by atoms with van der Waals surface area (Å²) < 4.78 is 0. The fraction of sp³-hybridized carbons (Fsp3) is 0.357. The Morgan fingerprint density at radius 1 is 1.38 bits per heavy atom. The minimum atomic E-state index is -0.128. The number of nitrogens with two attached hydrogens (primary N) is 1. The number of amides is 1. The molecule has 0 spiro atoms. The highest BCUT2D eigenvalue weighted by molar-refractivity contribution is 7.09. The smallest absolute Gasteiger partial charge is 0.251 e. The van der Waals surface area contributed by atoms with Gasteiger partial charge in [-0.25, -0.2) is 15.8 Å². The fourth-order valence-electron chi connectivity index (χ4n) is 1.88. The Hall–Kier alpha value is -1.99. The summed E-state index contributed by atoms with van der Waals surface area (Å²) in [7, 11) is 0.